The van der Waals surface area contributed by atoms with Crippen LogP contribution in [-0.2, 0) is 9.53 Å². The zero-order valence-electron chi connectivity index (χ0n) is 18.0. The van der Waals surface area contributed by atoms with Crippen molar-refractivity contribution in [2.24, 2.45) is 0 Å². The molecule has 1 aromatic rings. The molecule has 1 atom stereocenters. The molecular formula is C22H30N2O7. The number of carbonyl (C=O) groups excluding carboxylic acids is 3. The number of rotatable bonds is 11. The highest BCUT2D eigenvalue weighted by molar-refractivity contribution is 6.03. The zero-order valence-corrected chi connectivity index (χ0v) is 18.0. The highest BCUT2D eigenvalue weighted by Gasteiger charge is 2.31. The molecule has 1 aliphatic rings. The number of aliphatic hydroxyl groups is 1. The van der Waals surface area contributed by atoms with Gasteiger partial charge in [0.05, 0.1) is 37.6 Å². The van der Waals surface area contributed by atoms with Crippen LogP contribution >= 0.6 is 0 Å². The number of ketones is 1. The fourth-order valence-corrected chi connectivity index (χ4v) is 3.34. The molecule has 170 valence electrons. The second kappa shape index (κ2) is 11.9. The first-order valence-electron chi connectivity index (χ1n) is 10.2. The van der Waals surface area contributed by atoms with Crippen molar-refractivity contribution >= 4 is 23.5 Å². The molecule has 2 amide bonds. The van der Waals surface area contributed by atoms with Crippen LogP contribution in [0.3, 0.4) is 0 Å². The lowest BCUT2D eigenvalue weighted by Crippen LogP contribution is -2.38. The Morgan fingerprint density at radius 3 is 2.74 bits per heavy atom. The van der Waals surface area contributed by atoms with Gasteiger partial charge in [0.1, 0.15) is 12.4 Å². The summed E-state index contributed by atoms with van der Waals surface area (Å²) in [5, 5.41) is 12.2. The normalized spacial score (nSPS) is 15.3. The number of carbonyl (C=O) groups is 3. The molecular weight excluding hydrogens is 404 g/mol. The fraction of sp³-hybridized carbons (Fsp3) is 0.500. The third kappa shape index (κ3) is 6.71. The van der Waals surface area contributed by atoms with Crippen LogP contribution in [0.2, 0.25) is 0 Å². The number of hydrogen-bond acceptors (Lipinski definition) is 7. The van der Waals surface area contributed by atoms with Gasteiger partial charge in [-0.15, -0.1) is 0 Å². The minimum atomic E-state index is -0.748. The quantitative estimate of drug-likeness (QED) is 0.406. The van der Waals surface area contributed by atoms with Crippen molar-refractivity contribution < 1.29 is 33.7 Å². The van der Waals surface area contributed by atoms with Crippen LogP contribution in [0.4, 0.5) is 10.5 Å². The Bertz CT molecular complexity index is 809. The number of methoxy groups -OCH3 is 1. The molecule has 9 heteroatoms. The molecule has 1 fully saturated rings. The Balaban J connectivity index is 2.34. The lowest BCUT2D eigenvalue weighted by atomic mass is 10.1. The van der Waals surface area contributed by atoms with E-state index in [1.165, 1.54) is 32.2 Å². The summed E-state index contributed by atoms with van der Waals surface area (Å²) in [4.78, 5) is 38.1. The van der Waals surface area contributed by atoms with E-state index < -0.39 is 6.09 Å². The van der Waals surface area contributed by atoms with Gasteiger partial charge in [-0.25, -0.2) is 4.79 Å². The second-order valence-electron chi connectivity index (χ2n) is 7.19. The Hall–Kier alpha value is -3.07. The number of nitrogens with zero attached hydrogens (tertiary/aromatic N) is 1. The van der Waals surface area contributed by atoms with Gasteiger partial charge in [0.2, 0.25) is 0 Å². The van der Waals surface area contributed by atoms with Crippen molar-refractivity contribution in [3.05, 3.63) is 30.4 Å². The van der Waals surface area contributed by atoms with Crippen LogP contribution in [0, 0.1) is 0 Å². The number of ether oxygens (including phenoxy) is 3. The van der Waals surface area contributed by atoms with Gasteiger partial charge >= 0.3 is 6.09 Å². The average Bonchev–Trinajstić information content (AvgIpc) is 3.23. The number of aliphatic hydroxyl groups excluding tert-OH is 1. The van der Waals surface area contributed by atoms with E-state index >= 15 is 0 Å². The maximum absolute atomic E-state index is 13.2. The summed E-state index contributed by atoms with van der Waals surface area (Å²) in [6.45, 7) is 5.66. The van der Waals surface area contributed by atoms with E-state index in [1.807, 2.05) is 0 Å². The van der Waals surface area contributed by atoms with Gasteiger partial charge in [-0.1, -0.05) is 12.7 Å². The maximum Gasteiger partial charge on any atom is 0.411 e. The summed E-state index contributed by atoms with van der Waals surface area (Å²) < 4.78 is 16.1. The molecule has 0 spiro atoms. The van der Waals surface area contributed by atoms with Gasteiger partial charge in [-0.05, 0) is 32.3 Å². The number of hydrogen-bond donors (Lipinski definition) is 2. The Labute approximate surface area is 182 Å². The number of nitrogens with one attached hydrogen (secondary N) is 1. The van der Waals surface area contributed by atoms with Crippen molar-refractivity contribution in [3.63, 3.8) is 0 Å². The standard InChI is InChI=1S/C22H30N2O7/c1-4-10-31-22(28)23-18-13-20(30-11-6-7-15(2)26)19(29-3)12-17(18)21(27)24-9-5-8-16(24)14-25/h4,12-13,16,25H,1,5-11,14H2,2-3H3,(H,23,28)/t16-/m1/s1. The summed E-state index contributed by atoms with van der Waals surface area (Å²) in [6, 6.07) is 2.72. The van der Waals surface area contributed by atoms with Gasteiger partial charge in [0, 0.05) is 19.0 Å². The highest BCUT2D eigenvalue weighted by Crippen LogP contribution is 2.35. The number of anilines is 1. The van der Waals surface area contributed by atoms with Gasteiger partial charge in [0.15, 0.2) is 11.5 Å². The second-order valence-corrected chi connectivity index (χ2v) is 7.19. The van der Waals surface area contributed by atoms with E-state index in [1.54, 1.807) is 4.90 Å². The Kier molecular flexibility index (Phi) is 9.33. The van der Waals surface area contributed by atoms with Crippen molar-refractivity contribution in [1.82, 2.24) is 4.90 Å². The molecule has 2 rings (SSSR count). The predicted octanol–water partition coefficient (Wildman–Crippen LogP) is 2.77. The Morgan fingerprint density at radius 1 is 1.32 bits per heavy atom. The first-order chi connectivity index (χ1) is 14.9. The predicted molar refractivity (Wildman–Crippen MR) is 115 cm³/mol. The number of likely N-dealkylation sites (tertiary alicyclic amines) is 1. The molecule has 0 radical (unpaired) electrons. The van der Waals surface area contributed by atoms with E-state index in [-0.39, 0.29) is 48.8 Å². The lowest BCUT2D eigenvalue weighted by Gasteiger charge is -2.25. The van der Waals surface area contributed by atoms with E-state index in [2.05, 4.69) is 11.9 Å². The number of amides is 2. The summed E-state index contributed by atoms with van der Waals surface area (Å²) >= 11 is 0. The van der Waals surface area contributed by atoms with Crippen LogP contribution in [-0.4, -0.2) is 67.3 Å². The highest BCUT2D eigenvalue weighted by atomic mass is 16.5. The zero-order chi connectivity index (χ0) is 22.8. The fourth-order valence-electron chi connectivity index (χ4n) is 3.34. The molecule has 9 nitrogen and oxygen atoms in total. The molecule has 31 heavy (non-hydrogen) atoms. The molecule has 0 aromatic heterocycles. The minimum absolute atomic E-state index is 0.0123. The summed E-state index contributed by atoms with van der Waals surface area (Å²) in [7, 11) is 1.45. The molecule has 0 saturated carbocycles. The molecule has 1 heterocycles. The van der Waals surface area contributed by atoms with Crippen molar-refractivity contribution in [2.45, 2.75) is 38.6 Å². The number of benzene rings is 1. The summed E-state index contributed by atoms with van der Waals surface area (Å²) in [5.41, 5.74) is 0.397. The van der Waals surface area contributed by atoms with Crippen molar-refractivity contribution in [2.75, 3.05) is 38.8 Å². The SMILES string of the molecule is C=CCOC(=O)Nc1cc(OCCCC(C)=O)c(OC)cc1C(=O)N1CCC[C@@H]1CO. The monoisotopic (exact) mass is 434 g/mol. The van der Waals surface area contributed by atoms with Crippen LogP contribution < -0.4 is 14.8 Å². The van der Waals surface area contributed by atoms with E-state index in [0.717, 1.165) is 6.42 Å². The first-order valence-corrected chi connectivity index (χ1v) is 10.2. The first kappa shape index (κ1) is 24.2. The minimum Gasteiger partial charge on any atom is -0.493 e. The Morgan fingerprint density at radius 2 is 2.10 bits per heavy atom. The van der Waals surface area contributed by atoms with Crippen LogP contribution in [0.1, 0.15) is 43.0 Å². The largest absolute Gasteiger partial charge is 0.493 e. The maximum atomic E-state index is 13.2. The molecule has 2 N–H and O–H groups in total. The van der Waals surface area contributed by atoms with Crippen LogP contribution in [0.15, 0.2) is 24.8 Å². The van der Waals surface area contributed by atoms with Crippen molar-refractivity contribution in [1.29, 1.82) is 0 Å². The van der Waals surface area contributed by atoms with Crippen molar-refractivity contribution in [3.8, 4) is 11.5 Å². The molecule has 0 aliphatic carbocycles. The third-order valence-corrected chi connectivity index (χ3v) is 4.88. The molecule has 1 aromatic carbocycles. The van der Waals surface area contributed by atoms with Gasteiger partial charge in [-0.3, -0.25) is 10.1 Å². The van der Waals surface area contributed by atoms with E-state index in [9.17, 15) is 19.5 Å². The van der Waals surface area contributed by atoms with Crippen LogP contribution in [0.5, 0.6) is 11.5 Å². The molecule has 0 bridgehead atoms. The molecule has 1 saturated heterocycles. The lowest BCUT2D eigenvalue weighted by molar-refractivity contribution is -0.117. The number of Topliss-reactive ketones (excluding diaryl/α,β-unsaturated/α-hetero) is 1. The van der Waals surface area contributed by atoms with E-state index in [0.29, 0.717) is 37.3 Å². The molecule has 0 unspecified atom stereocenters. The summed E-state index contributed by atoms with van der Waals surface area (Å²) in [5.74, 6) is 0.363. The van der Waals surface area contributed by atoms with Gasteiger partial charge in [-0.2, -0.15) is 0 Å². The smallest absolute Gasteiger partial charge is 0.411 e. The van der Waals surface area contributed by atoms with Crippen LogP contribution in [0.25, 0.3) is 0 Å². The topological polar surface area (TPSA) is 114 Å². The summed E-state index contributed by atoms with van der Waals surface area (Å²) in [6.07, 6.45) is 3.09. The average molecular weight is 434 g/mol. The third-order valence-electron chi connectivity index (χ3n) is 4.88. The molecule has 1 aliphatic heterocycles. The van der Waals surface area contributed by atoms with Gasteiger partial charge in [0.25, 0.3) is 5.91 Å². The van der Waals surface area contributed by atoms with Gasteiger partial charge < -0.3 is 29.0 Å². The van der Waals surface area contributed by atoms with E-state index in [4.69, 9.17) is 14.2 Å².